The minimum absolute atomic E-state index is 0.0101. The average Bonchev–Trinajstić information content (AvgIpc) is 3.10. The number of benzene rings is 1. The average molecular weight is 396 g/mol. The molecule has 0 unspecified atom stereocenters. The highest BCUT2D eigenvalue weighted by atomic mass is 19.4. The lowest BCUT2D eigenvalue weighted by atomic mass is 9.76. The van der Waals surface area contributed by atoms with E-state index in [1.165, 1.54) is 25.0 Å². The predicted molar refractivity (Wildman–Crippen MR) is 94.4 cm³/mol. The molecule has 8 heteroatoms. The number of hydrogen-bond acceptors (Lipinski definition) is 3. The topological polar surface area (TPSA) is 58.6 Å². The Morgan fingerprint density at radius 1 is 1.14 bits per heavy atom. The summed E-state index contributed by atoms with van der Waals surface area (Å²) >= 11 is 0. The van der Waals surface area contributed by atoms with E-state index in [0.717, 1.165) is 24.6 Å². The van der Waals surface area contributed by atoms with Gasteiger partial charge in [-0.15, -0.1) is 13.2 Å². The summed E-state index contributed by atoms with van der Waals surface area (Å²) in [5.41, 5.74) is 0.316. The van der Waals surface area contributed by atoms with Crippen molar-refractivity contribution in [2.75, 3.05) is 19.6 Å². The molecule has 2 amide bonds. The van der Waals surface area contributed by atoms with Crippen molar-refractivity contribution in [1.29, 1.82) is 0 Å². The SMILES string of the molecule is CC1CC(CNC(=O)C2[C@H]3CN(C(=O)c4ccc(OC(F)(F)F)cc4)C[C@H]23)C1. The number of halogens is 3. The maximum Gasteiger partial charge on any atom is 0.573 e. The van der Waals surface area contributed by atoms with Gasteiger partial charge in [-0.1, -0.05) is 6.92 Å². The first kappa shape index (κ1) is 19.1. The number of carbonyl (C=O) groups excluding carboxylic acids is 2. The Bertz CT molecular complexity index is 747. The normalized spacial score (nSPS) is 31.0. The van der Waals surface area contributed by atoms with E-state index in [2.05, 4.69) is 17.0 Å². The number of nitrogens with one attached hydrogen (secondary N) is 1. The number of rotatable bonds is 5. The van der Waals surface area contributed by atoms with Crippen molar-refractivity contribution in [2.45, 2.75) is 26.1 Å². The predicted octanol–water partition coefficient (Wildman–Crippen LogP) is 3.07. The second-order valence-corrected chi connectivity index (χ2v) is 8.32. The number of ether oxygens (including phenoxy) is 1. The molecule has 1 aromatic rings. The van der Waals surface area contributed by atoms with Gasteiger partial charge in [0.2, 0.25) is 5.91 Å². The van der Waals surface area contributed by atoms with Crippen molar-refractivity contribution in [3.8, 4) is 5.75 Å². The van der Waals surface area contributed by atoms with E-state index in [0.29, 0.717) is 24.6 Å². The highest BCUT2D eigenvalue weighted by Crippen LogP contribution is 2.52. The second-order valence-electron chi connectivity index (χ2n) is 8.32. The van der Waals surface area contributed by atoms with Crippen LogP contribution in [0, 0.1) is 29.6 Å². The van der Waals surface area contributed by atoms with Crippen LogP contribution in [0.15, 0.2) is 24.3 Å². The van der Waals surface area contributed by atoms with Crippen LogP contribution in [0.25, 0.3) is 0 Å². The Morgan fingerprint density at radius 3 is 2.29 bits per heavy atom. The quantitative estimate of drug-likeness (QED) is 0.832. The molecule has 3 aliphatic rings. The Balaban J connectivity index is 1.25. The molecular formula is C20H23F3N2O3. The smallest absolute Gasteiger partial charge is 0.406 e. The van der Waals surface area contributed by atoms with Crippen LogP contribution in [0.5, 0.6) is 5.75 Å². The van der Waals surface area contributed by atoms with E-state index in [9.17, 15) is 22.8 Å². The van der Waals surface area contributed by atoms with Gasteiger partial charge in [0.25, 0.3) is 5.91 Å². The Hall–Kier alpha value is -2.25. The molecule has 0 bridgehead atoms. The number of nitrogens with zero attached hydrogens (tertiary/aromatic N) is 1. The van der Waals surface area contributed by atoms with Crippen LogP contribution >= 0.6 is 0 Å². The Kier molecular flexibility index (Phi) is 4.75. The molecule has 1 aliphatic heterocycles. The van der Waals surface area contributed by atoms with Crippen LogP contribution in [-0.2, 0) is 4.79 Å². The van der Waals surface area contributed by atoms with E-state index in [-0.39, 0.29) is 35.3 Å². The second kappa shape index (κ2) is 6.97. The van der Waals surface area contributed by atoms with Crippen molar-refractivity contribution >= 4 is 11.8 Å². The first-order valence-electron chi connectivity index (χ1n) is 9.64. The number of hydrogen-bond donors (Lipinski definition) is 1. The number of carbonyl (C=O) groups is 2. The summed E-state index contributed by atoms with van der Waals surface area (Å²) in [6.45, 7) is 3.99. The molecule has 2 atom stereocenters. The maximum absolute atomic E-state index is 12.5. The Morgan fingerprint density at radius 2 is 1.75 bits per heavy atom. The minimum atomic E-state index is -4.76. The molecule has 2 aliphatic carbocycles. The molecule has 28 heavy (non-hydrogen) atoms. The summed E-state index contributed by atoms with van der Waals surface area (Å²) in [6, 6.07) is 4.93. The largest absolute Gasteiger partial charge is 0.573 e. The van der Waals surface area contributed by atoms with Crippen LogP contribution < -0.4 is 10.1 Å². The van der Waals surface area contributed by atoms with Crippen molar-refractivity contribution in [1.82, 2.24) is 10.2 Å². The third kappa shape index (κ3) is 3.95. The van der Waals surface area contributed by atoms with Gasteiger partial charge in [-0.25, -0.2) is 0 Å². The number of alkyl halides is 3. The van der Waals surface area contributed by atoms with E-state index in [1.807, 2.05) is 0 Å². The van der Waals surface area contributed by atoms with Gasteiger partial charge in [-0.3, -0.25) is 9.59 Å². The molecule has 3 fully saturated rings. The highest BCUT2D eigenvalue weighted by molar-refractivity contribution is 5.95. The number of piperidine rings is 1. The molecule has 0 spiro atoms. The number of likely N-dealkylation sites (tertiary alicyclic amines) is 1. The molecule has 5 nitrogen and oxygen atoms in total. The van der Waals surface area contributed by atoms with Crippen molar-refractivity contribution < 1.29 is 27.5 Å². The monoisotopic (exact) mass is 396 g/mol. The van der Waals surface area contributed by atoms with Crippen LogP contribution in [0.1, 0.15) is 30.1 Å². The van der Waals surface area contributed by atoms with E-state index < -0.39 is 6.36 Å². The third-order valence-electron chi connectivity index (χ3n) is 6.16. The van der Waals surface area contributed by atoms with E-state index in [1.54, 1.807) is 4.90 Å². The fraction of sp³-hybridized carbons (Fsp3) is 0.600. The molecule has 1 aromatic carbocycles. The molecule has 4 rings (SSSR count). The summed E-state index contributed by atoms with van der Waals surface area (Å²) in [4.78, 5) is 26.5. The van der Waals surface area contributed by atoms with Crippen molar-refractivity contribution in [2.24, 2.45) is 29.6 Å². The number of amides is 2. The molecule has 2 saturated carbocycles. The maximum atomic E-state index is 12.5. The molecule has 0 aromatic heterocycles. The molecule has 1 heterocycles. The zero-order valence-corrected chi connectivity index (χ0v) is 15.5. The van der Waals surface area contributed by atoms with Gasteiger partial charge in [0.05, 0.1) is 0 Å². The fourth-order valence-corrected chi connectivity index (χ4v) is 4.66. The standard InChI is InChI=1S/C20H23F3N2O3/c1-11-6-12(7-11)8-24-18(26)17-15-9-25(10-16(15)17)19(27)13-2-4-14(5-3-13)28-20(21,22)23/h2-5,11-12,15-17H,6-10H2,1H3,(H,24,26)/t11?,12?,15-,16-/m0/s1. The van der Waals surface area contributed by atoms with Gasteiger partial charge in [0, 0.05) is 31.1 Å². The summed E-state index contributed by atoms with van der Waals surface area (Å²) in [5, 5.41) is 3.05. The van der Waals surface area contributed by atoms with Gasteiger partial charge < -0.3 is 15.0 Å². The highest BCUT2D eigenvalue weighted by Gasteiger charge is 2.60. The summed E-state index contributed by atoms with van der Waals surface area (Å²) in [6.07, 6.45) is -2.41. The van der Waals surface area contributed by atoms with Gasteiger partial charge in [0.15, 0.2) is 0 Å². The molecule has 1 saturated heterocycles. The molecular weight excluding hydrogens is 373 g/mol. The lowest BCUT2D eigenvalue weighted by Gasteiger charge is -2.32. The fourth-order valence-electron chi connectivity index (χ4n) is 4.66. The summed E-state index contributed by atoms with van der Waals surface area (Å²) in [7, 11) is 0. The molecule has 152 valence electrons. The van der Waals surface area contributed by atoms with Crippen molar-refractivity contribution in [3.05, 3.63) is 29.8 Å². The first-order valence-corrected chi connectivity index (χ1v) is 9.64. The lowest BCUT2D eigenvalue weighted by molar-refractivity contribution is -0.274. The van der Waals surface area contributed by atoms with Gasteiger partial charge in [-0.2, -0.15) is 0 Å². The third-order valence-corrected chi connectivity index (χ3v) is 6.16. The van der Waals surface area contributed by atoms with Crippen LogP contribution in [0.3, 0.4) is 0 Å². The first-order chi connectivity index (χ1) is 13.2. The molecule has 0 radical (unpaired) electrons. The number of fused-ring (bicyclic) bond motifs is 1. The van der Waals surface area contributed by atoms with Gasteiger partial charge in [-0.05, 0) is 60.8 Å². The van der Waals surface area contributed by atoms with Crippen molar-refractivity contribution in [3.63, 3.8) is 0 Å². The summed E-state index contributed by atoms with van der Waals surface area (Å²) < 4.78 is 40.4. The van der Waals surface area contributed by atoms with Crippen LogP contribution in [0.4, 0.5) is 13.2 Å². The lowest BCUT2D eigenvalue weighted by Crippen LogP contribution is -2.38. The van der Waals surface area contributed by atoms with Crippen LogP contribution in [0.2, 0.25) is 0 Å². The van der Waals surface area contributed by atoms with E-state index in [4.69, 9.17) is 0 Å². The van der Waals surface area contributed by atoms with E-state index >= 15 is 0 Å². The summed E-state index contributed by atoms with van der Waals surface area (Å²) in [5.74, 6) is 1.24. The zero-order chi connectivity index (χ0) is 20.1. The molecule has 1 N–H and O–H groups in total. The van der Waals surface area contributed by atoms with Gasteiger partial charge >= 0.3 is 6.36 Å². The van der Waals surface area contributed by atoms with Crippen LogP contribution in [-0.4, -0.2) is 42.7 Å². The zero-order valence-electron chi connectivity index (χ0n) is 15.5. The Labute approximate surface area is 161 Å². The minimum Gasteiger partial charge on any atom is -0.406 e. The van der Waals surface area contributed by atoms with Gasteiger partial charge in [0.1, 0.15) is 5.75 Å².